The predicted octanol–water partition coefficient (Wildman–Crippen LogP) is 3.88. The van der Waals surface area contributed by atoms with Crippen molar-refractivity contribution in [3.8, 4) is 5.75 Å². The lowest BCUT2D eigenvalue weighted by Gasteiger charge is -2.09. The molecule has 0 aliphatic rings. The zero-order valence-electron chi connectivity index (χ0n) is 10.1. The van der Waals surface area contributed by atoms with Gasteiger partial charge in [-0.05, 0) is 23.3 Å². The fourth-order valence-corrected chi connectivity index (χ4v) is 1.76. The number of carbonyl (C=O) groups is 1. The first-order chi connectivity index (χ1) is 9.20. The van der Waals surface area contributed by atoms with E-state index in [1.165, 1.54) is 12.1 Å². The smallest absolute Gasteiger partial charge is 0.165 e. The van der Waals surface area contributed by atoms with Crippen LogP contribution in [0.1, 0.15) is 16.5 Å². The standard InChI is InChI=1S/C15H12ClFO2/c16-13(9-18)12-6-7-15(14(17)8-12)19-10-11-4-2-1-3-5-11/h1-9,13H,10H2. The van der Waals surface area contributed by atoms with Crippen LogP contribution in [0.15, 0.2) is 48.5 Å². The molecule has 2 aromatic carbocycles. The minimum absolute atomic E-state index is 0.141. The van der Waals surface area contributed by atoms with Gasteiger partial charge in [-0.2, -0.15) is 0 Å². The molecule has 0 saturated heterocycles. The SMILES string of the molecule is O=CC(Cl)c1ccc(OCc2ccccc2)c(F)c1. The summed E-state index contributed by atoms with van der Waals surface area (Å²) in [6.45, 7) is 0.287. The molecular weight excluding hydrogens is 267 g/mol. The first-order valence-electron chi connectivity index (χ1n) is 5.76. The molecule has 0 amide bonds. The lowest BCUT2D eigenvalue weighted by Crippen LogP contribution is -1.99. The number of carbonyl (C=O) groups excluding carboxylic acids is 1. The molecule has 0 aliphatic carbocycles. The second kappa shape index (κ2) is 6.34. The minimum Gasteiger partial charge on any atom is -0.486 e. The normalized spacial score (nSPS) is 11.9. The van der Waals surface area contributed by atoms with Crippen molar-refractivity contribution >= 4 is 17.9 Å². The Bertz CT molecular complexity index is 557. The van der Waals surface area contributed by atoms with Crippen LogP contribution in [-0.4, -0.2) is 6.29 Å². The Labute approximate surface area is 115 Å². The van der Waals surface area contributed by atoms with Gasteiger partial charge in [-0.3, -0.25) is 0 Å². The molecule has 0 spiro atoms. The van der Waals surface area contributed by atoms with Gasteiger partial charge in [0.15, 0.2) is 11.6 Å². The van der Waals surface area contributed by atoms with Crippen LogP contribution in [0.4, 0.5) is 4.39 Å². The molecule has 1 atom stereocenters. The molecule has 0 aliphatic heterocycles. The number of hydrogen-bond acceptors (Lipinski definition) is 2. The van der Waals surface area contributed by atoms with E-state index in [2.05, 4.69) is 0 Å². The molecule has 1 unspecified atom stereocenters. The van der Waals surface area contributed by atoms with Gasteiger partial charge in [0.2, 0.25) is 0 Å². The van der Waals surface area contributed by atoms with Crippen LogP contribution >= 0.6 is 11.6 Å². The number of rotatable bonds is 5. The highest BCUT2D eigenvalue weighted by Gasteiger charge is 2.10. The topological polar surface area (TPSA) is 26.3 Å². The number of alkyl halides is 1. The largest absolute Gasteiger partial charge is 0.486 e. The van der Waals surface area contributed by atoms with Gasteiger partial charge in [-0.15, -0.1) is 11.6 Å². The van der Waals surface area contributed by atoms with Crippen molar-refractivity contribution in [1.29, 1.82) is 0 Å². The van der Waals surface area contributed by atoms with Crippen LogP contribution in [0.25, 0.3) is 0 Å². The Balaban J connectivity index is 2.07. The molecule has 19 heavy (non-hydrogen) atoms. The van der Waals surface area contributed by atoms with E-state index in [0.717, 1.165) is 5.56 Å². The molecular formula is C15H12ClFO2. The fraction of sp³-hybridized carbons (Fsp3) is 0.133. The van der Waals surface area contributed by atoms with Gasteiger partial charge in [0.25, 0.3) is 0 Å². The maximum absolute atomic E-state index is 13.7. The van der Waals surface area contributed by atoms with Crippen molar-refractivity contribution in [1.82, 2.24) is 0 Å². The van der Waals surface area contributed by atoms with E-state index >= 15 is 0 Å². The van der Waals surface area contributed by atoms with E-state index in [9.17, 15) is 9.18 Å². The van der Waals surface area contributed by atoms with E-state index < -0.39 is 11.2 Å². The number of benzene rings is 2. The van der Waals surface area contributed by atoms with Gasteiger partial charge in [0.05, 0.1) is 0 Å². The van der Waals surface area contributed by atoms with Gasteiger partial charge in [-0.1, -0.05) is 36.4 Å². The Kier molecular flexibility index (Phi) is 4.53. The van der Waals surface area contributed by atoms with Crippen LogP contribution in [0.2, 0.25) is 0 Å². The lowest BCUT2D eigenvalue weighted by atomic mass is 10.1. The summed E-state index contributed by atoms with van der Waals surface area (Å²) in [4.78, 5) is 10.5. The average molecular weight is 279 g/mol. The van der Waals surface area contributed by atoms with Crippen LogP contribution in [0.5, 0.6) is 5.75 Å². The third kappa shape index (κ3) is 3.55. The Hall–Kier alpha value is -1.87. The molecule has 2 aromatic rings. The van der Waals surface area contributed by atoms with Crippen molar-refractivity contribution in [2.24, 2.45) is 0 Å². The molecule has 0 heterocycles. The van der Waals surface area contributed by atoms with Crippen molar-refractivity contribution < 1.29 is 13.9 Å². The van der Waals surface area contributed by atoms with E-state index in [1.54, 1.807) is 6.07 Å². The van der Waals surface area contributed by atoms with Gasteiger partial charge in [-0.25, -0.2) is 4.39 Å². The zero-order valence-corrected chi connectivity index (χ0v) is 10.8. The van der Waals surface area contributed by atoms with Crippen molar-refractivity contribution in [2.45, 2.75) is 12.0 Å². The summed E-state index contributed by atoms with van der Waals surface area (Å²) in [7, 11) is 0. The highest BCUT2D eigenvalue weighted by atomic mass is 35.5. The van der Waals surface area contributed by atoms with Crippen LogP contribution in [-0.2, 0) is 11.4 Å². The summed E-state index contributed by atoms with van der Waals surface area (Å²) in [5, 5.41) is -0.835. The lowest BCUT2D eigenvalue weighted by molar-refractivity contribution is -0.107. The van der Waals surface area contributed by atoms with Gasteiger partial charge >= 0.3 is 0 Å². The van der Waals surface area contributed by atoms with E-state index in [4.69, 9.17) is 16.3 Å². The zero-order chi connectivity index (χ0) is 13.7. The van der Waals surface area contributed by atoms with Crippen molar-refractivity contribution in [2.75, 3.05) is 0 Å². The molecule has 0 aromatic heterocycles. The van der Waals surface area contributed by atoms with E-state index in [-0.39, 0.29) is 12.4 Å². The van der Waals surface area contributed by atoms with E-state index in [0.29, 0.717) is 11.8 Å². The first-order valence-corrected chi connectivity index (χ1v) is 6.20. The average Bonchev–Trinajstić information content (AvgIpc) is 2.46. The summed E-state index contributed by atoms with van der Waals surface area (Å²) >= 11 is 5.71. The maximum atomic E-state index is 13.7. The van der Waals surface area contributed by atoms with Crippen LogP contribution in [0, 0.1) is 5.82 Å². The maximum Gasteiger partial charge on any atom is 0.165 e. The van der Waals surface area contributed by atoms with Gasteiger partial charge < -0.3 is 9.53 Å². The third-order valence-electron chi connectivity index (χ3n) is 2.63. The molecule has 2 nitrogen and oxygen atoms in total. The van der Waals surface area contributed by atoms with Crippen LogP contribution < -0.4 is 4.74 Å². The molecule has 0 radical (unpaired) electrons. The highest BCUT2D eigenvalue weighted by molar-refractivity contribution is 6.27. The summed E-state index contributed by atoms with van der Waals surface area (Å²) in [5.74, 6) is -0.386. The van der Waals surface area contributed by atoms with Gasteiger partial charge in [0.1, 0.15) is 18.3 Å². The molecule has 2 rings (SSSR count). The third-order valence-corrected chi connectivity index (χ3v) is 2.99. The number of aldehydes is 1. The number of hydrogen-bond donors (Lipinski definition) is 0. The highest BCUT2D eigenvalue weighted by Crippen LogP contribution is 2.25. The second-order valence-electron chi connectivity index (χ2n) is 4.00. The summed E-state index contributed by atoms with van der Waals surface area (Å²) < 4.78 is 19.1. The van der Waals surface area contributed by atoms with Gasteiger partial charge in [0, 0.05) is 0 Å². The summed E-state index contributed by atoms with van der Waals surface area (Å²) in [6.07, 6.45) is 0.556. The molecule has 98 valence electrons. The first kappa shape index (κ1) is 13.6. The Morgan fingerprint density at radius 2 is 1.95 bits per heavy atom. The summed E-state index contributed by atoms with van der Waals surface area (Å²) in [6, 6.07) is 13.7. The second-order valence-corrected chi connectivity index (χ2v) is 4.47. The number of ether oxygens (including phenoxy) is 1. The predicted molar refractivity (Wildman–Crippen MR) is 71.8 cm³/mol. The quantitative estimate of drug-likeness (QED) is 0.613. The molecule has 0 saturated carbocycles. The molecule has 0 fully saturated rings. The Morgan fingerprint density at radius 1 is 1.21 bits per heavy atom. The minimum atomic E-state index is -0.835. The van der Waals surface area contributed by atoms with Crippen LogP contribution in [0.3, 0.4) is 0 Å². The monoisotopic (exact) mass is 278 g/mol. The van der Waals surface area contributed by atoms with E-state index in [1.807, 2.05) is 30.3 Å². The summed E-state index contributed by atoms with van der Waals surface area (Å²) in [5.41, 5.74) is 1.37. The fourth-order valence-electron chi connectivity index (χ4n) is 1.62. The Morgan fingerprint density at radius 3 is 2.58 bits per heavy atom. The van der Waals surface area contributed by atoms with Crippen molar-refractivity contribution in [3.63, 3.8) is 0 Å². The number of halogens is 2. The molecule has 0 N–H and O–H groups in total. The molecule has 4 heteroatoms. The molecule has 0 bridgehead atoms. The van der Waals surface area contributed by atoms with Crippen molar-refractivity contribution in [3.05, 3.63) is 65.5 Å².